The highest BCUT2D eigenvalue weighted by molar-refractivity contribution is 5.82. The van der Waals surface area contributed by atoms with E-state index in [2.05, 4.69) is 20.8 Å². The second-order valence-corrected chi connectivity index (χ2v) is 3.46. The molecule has 0 saturated carbocycles. The van der Waals surface area contributed by atoms with Gasteiger partial charge in [-0.2, -0.15) is 5.10 Å². The van der Waals surface area contributed by atoms with Crippen molar-refractivity contribution < 1.29 is 4.79 Å². The molecule has 0 bridgehead atoms. The largest absolute Gasteiger partial charge is 0.353 e. The van der Waals surface area contributed by atoms with E-state index in [0.29, 0.717) is 6.54 Å². The van der Waals surface area contributed by atoms with Crippen LogP contribution in [0.1, 0.15) is 24.9 Å². The molecule has 1 aromatic heterocycles. The molecule has 3 N–H and O–H groups in total. The summed E-state index contributed by atoms with van der Waals surface area (Å²) in [6, 6.07) is 0.0973. The van der Waals surface area contributed by atoms with Gasteiger partial charge in [0, 0.05) is 18.3 Å². The van der Waals surface area contributed by atoms with Crippen LogP contribution >= 0.6 is 0 Å². The lowest BCUT2D eigenvalue weighted by Crippen LogP contribution is -2.53. The predicted molar refractivity (Wildman–Crippen MR) is 51.6 cm³/mol. The van der Waals surface area contributed by atoms with Crippen LogP contribution < -0.4 is 10.6 Å². The third kappa shape index (κ3) is 1.63. The molecule has 76 valence electrons. The van der Waals surface area contributed by atoms with E-state index in [0.717, 1.165) is 12.0 Å². The van der Waals surface area contributed by atoms with Crippen LogP contribution in [0.3, 0.4) is 0 Å². The molecule has 5 heteroatoms. The van der Waals surface area contributed by atoms with E-state index in [1.807, 2.05) is 13.1 Å². The number of carbonyl (C=O) groups is 1. The van der Waals surface area contributed by atoms with E-state index >= 15 is 0 Å². The van der Waals surface area contributed by atoms with Gasteiger partial charge in [-0.1, -0.05) is 6.92 Å². The predicted octanol–water partition coefficient (Wildman–Crippen LogP) is -0.0512. The standard InChI is InChI=1S/C9H14N4O/c1-2-7-9(14)10-5-8(13-7)6-3-11-12-4-6/h3-4,7-8,13H,2,5H2,1H3,(H,10,14)(H,11,12). The lowest BCUT2D eigenvalue weighted by atomic mass is 10.0. The summed E-state index contributed by atoms with van der Waals surface area (Å²) in [5.41, 5.74) is 1.09. The first-order valence-electron chi connectivity index (χ1n) is 4.83. The van der Waals surface area contributed by atoms with Crippen molar-refractivity contribution in [3.8, 4) is 0 Å². The van der Waals surface area contributed by atoms with Gasteiger partial charge in [0.15, 0.2) is 0 Å². The molecule has 0 aromatic carbocycles. The van der Waals surface area contributed by atoms with Gasteiger partial charge >= 0.3 is 0 Å². The van der Waals surface area contributed by atoms with E-state index in [1.54, 1.807) is 6.20 Å². The lowest BCUT2D eigenvalue weighted by molar-refractivity contribution is -0.125. The Kier molecular flexibility index (Phi) is 2.49. The minimum absolute atomic E-state index is 0.0800. The first-order valence-corrected chi connectivity index (χ1v) is 4.83. The molecule has 2 rings (SSSR count). The van der Waals surface area contributed by atoms with Crippen LogP contribution in [0.5, 0.6) is 0 Å². The SMILES string of the molecule is CCC1NC(c2cn[nH]c2)CNC1=O. The average Bonchev–Trinajstić information content (AvgIpc) is 2.71. The van der Waals surface area contributed by atoms with Crippen LogP contribution in [0.25, 0.3) is 0 Å². The van der Waals surface area contributed by atoms with E-state index in [-0.39, 0.29) is 18.0 Å². The van der Waals surface area contributed by atoms with Crippen molar-refractivity contribution in [3.63, 3.8) is 0 Å². The number of H-pyrrole nitrogens is 1. The molecule has 2 unspecified atom stereocenters. The van der Waals surface area contributed by atoms with Gasteiger partial charge in [-0.3, -0.25) is 15.2 Å². The summed E-state index contributed by atoms with van der Waals surface area (Å²) in [5, 5.41) is 12.8. The van der Waals surface area contributed by atoms with E-state index in [4.69, 9.17) is 0 Å². The minimum Gasteiger partial charge on any atom is -0.353 e. The number of hydrogen-bond acceptors (Lipinski definition) is 3. The van der Waals surface area contributed by atoms with Crippen molar-refractivity contribution in [2.75, 3.05) is 6.54 Å². The van der Waals surface area contributed by atoms with Gasteiger partial charge in [-0.15, -0.1) is 0 Å². The number of amides is 1. The lowest BCUT2D eigenvalue weighted by Gasteiger charge is -2.29. The molecule has 0 spiro atoms. The quantitative estimate of drug-likeness (QED) is 0.618. The van der Waals surface area contributed by atoms with E-state index < -0.39 is 0 Å². The third-order valence-electron chi connectivity index (χ3n) is 2.53. The summed E-state index contributed by atoms with van der Waals surface area (Å²) in [5.74, 6) is 0.0900. The van der Waals surface area contributed by atoms with Crippen LogP contribution in [-0.4, -0.2) is 28.7 Å². The number of aromatic amines is 1. The molecular formula is C9H14N4O. The number of rotatable bonds is 2. The molecule has 2 atom stereocenters. The van der Waals surface area contributed by atoms with Crippen molar-refractivity contribution in [2.45, 2.75) is 25.4 Å². The second kappa shape index (κ2) is 3.79. The normalized spacial score (nSPS) is 27.4. The fraction of sp³-hybridized carbons (Fsp3) is 0.556. The van der Waals surface area contributed by atoms with Gasteiger partial charge in [0.05, 0.1) is 18.3 Å². The summed E-state index contributed by atoms with van der Waals surface area (Å²) < 4.78 is 0. The van der Waals surface area contributed by atoms with Crippen molar-refractivity contribution in [2.24, 2.45) is 0 Å². The highest BCUT2D eigenvalue weighted by Gasteiger charge is 2.27. The molecule has 1 aliphatic heterocycles. The Bertz CT molecular complexity index is 309. The summed E-state index contributed by atoms with van der Waals surface area (Å²) in [4.78, 5) is 11.3. The van der Waals surface area contributed by atoms with Crippen LogP contribution in [0.4, 0.5) is 0 Å². The maximum atomic E-state index is 11.3. The molecule has 2 heterocycles. The molecule has 1 fully saturated rings. The smallest absolute Gasteiger partial charge is 0.237 e. The zero-order valence-electron chi connectivity index (χ0n) is 8.08. The number of nitrogens with one attached hydrogen (secondary N) is 3. The number of aromatic nitrogens is 2. The van der Waals surface area contributed by atoms with Crippen LogP contribution in [0.15, 0.2) is 12.4 Å². The minimum atomic E-state index is -0.0800. The van der Waals surface area contributed by atoms with Gasteiger partial charge in [0.25, 0.3) is 0 Å². The molecule has 14 heavy (non-hydrogen) atoms. The topological polar surface area (TPSA) is 69.8 Å². The molecule has 1 aromatic rings. The Morgan fingerprint density at radius 2 is 2.50 bits per heavy atom. The van der Waals surface area contributed by atoms with Crippen LogP contribution in [-0.2, 0) is 4.79 Å². The summed E-state index contributed by atoms with van der Waals surface area (Å²) >= 11 is 0. The zero-order valence-corrected chi connectivity index (χ0v) is 8.08. The highest BCUT2D eigenvalue weighted by atomic mass is 16.2. The molecule has 5 nitrogen and oxygen atoms in total. The Balaban J connectivity index is 2.06. The van der Waals surface area contributed by atoms with Crippen LogP contribution in [0.2, 0.25) is 0 Å². The summed E-state index contributed by atoms with van der Waals surface area (Å²) in [7, 11) is 0. The Labute approximate surface area is 82.3 Å². The summed E-state index contributed by atoms with van der Waals surface area (Å²) in [6.07, 6.45) is 4.43. The number of nitrogens with zero attached hydrogens (tertiary/aromatic N) is 1. The monoisotopic (exact) mass is 194 g/mol. The van der Waals surface area contributed by atoms with Crippen molar-refractivity contribution in [1.82, 2.24) is 20.8 Å². The fourth-order valence-electron chi connectivity index (χ4n) is 1.67. The molecule has 1 aliphatic rings. The first kappa shape index (κ1) is 9.21. The second-order valence-electron chi connectivity index (χ2n) is 3.46. The van der Waals surface area contributed by atoms with Crippen molar-refractivity contribution in [3.05, 3.63) is 18.0 Å². The molecule has 0 radical (unpaired) electrons. The third-order valence-corrected chi connectivity index (χ3v) is 2.53. The van der Waals surface area contributed by atoms with Crippen LogP contribution in [0, 0.1) is 0 Å². The Morgan fingerprint density at radius 3 is 3.14 bits per heavy atom. The van der Waals surface area contributed by atoms with E-state index in [9.17, 15) is 4.79 Å². The fourth-order valence-corrected chi connectivity index (χ4v) is 1.67. The van der Waals surface area contributed by atoms with Gasteiger partial charge in [-0.05, 0) is 6.42 Å². The maximum absolute atomic E-state index is 11.3. The maximum Gasteiger partial charge on any atom is 0.237 e. The Morgan fingerprint density at radius 1 is 1.64 bits per heavy atom. The Hall–Kier alpha value is -1.36. The zero-order chi connectivity index (χ0) is 9.97. The first-order chi connectivity index (χ1) is 6.81. The molecular weight excluding hydrogens is 180 g/mol. The average molecular weight is 194 g/mol. The highest BCUT2D eigenvalue weighted by Crippen LogP contribution is 2.14. The summed E-state index contributed by atoms with van der Waals surface area (Å²) in [6.45, 7) is 2.63. The van der Waals surface area contributed by atoms with Gasteiger partial charge in [0.2, 0.25) is 5.91 Å². The molecule has 0 aliphatic carbocycles. The van der Waals surface area contributed by atoms with E-state index in [1.165, 1.54) is 0 Å². The van der Waals surface area contributed by atoms with Crippen molar-refractivity contribution in [1.29, 1.82) is 0 Å². The van der Waals surface area contributed by atoms with Crippen molar-refractivity contribution >= 4 is 5.91 Å². The number of piperazine rings is 1. The molecule has 1 saturated heterocycles. The number of hydrogen-bond donors (Lipinski definition) is 3. The number of carbonyl (C=O) groups excluding carboxylic acids is 1. The molecule has 1 amide bonds. The van der Waals surface area contributed by atoms with Gasteiger partial charge < -0.3 is 5.32 Å². The van der Waals surface area contributed by atoms with Gasteiger partial charge in [-0.25, -0.2) is 0 Å². The van der Waals surface area contributed by atoms with Gasteiger partial charge in [0.1, 0.15) is 0 Å².